The lowest BCUT2D eigenvalue weighted by Crippen LogP contribution is -2.48. The van der Waals surface area contributed by atoms with Crippen LogP contribution < -0.4 is 5.32 Å². The van der Waals surface area contributed by atoms with E-state index in [1.807, 2.05) is 23.1 Å². The summed E-state index contributed by atoms with van der Waals surface area (Å²) in [7, 11) is 0. The number of benzene rings is 1. The molecular formula is C20H28N2O2. The molecule has 2 heterocycles. The predicted octanol–water partition coefficient (Wildman–Crippen LogP) is 2.71. The number of Topliss-reactive ketones (excluding diaryl/α,β-unsaturated/α-hetero) is 1. The molecule has 2 saturated heterocycles. The number of nitrogens with zero attached hydrogens (tertiary/aromatic N) is 1. The van der Waals surface area contributed by atoms with E-state index >= 15 is 0 Å². The highest BCUT2D eigenvalue weighted by atomic mass is 16.2. The van der Waals surface area contributed by atoms with Crippen LogP contribution in [0.3, 0.4) is 0 Å². The van der Waals surface area contributed by atoms with Crippen molar-refractivity contribution in [3.8, 4) is 0 Å². The van der Waals surface area contributed by atoms with Crippen LogP contribution in [0.15, 0.2) is 30.3 Å². The molecule has 0 spiro atoms. The van der Waals surface area contributed by atoms with E-state index in [0.717, 1.165) is 45.1 Å². The Morgan fingerprint density at radius 1 is 1.17 bits per heavy atom. The zero-order chi connectivity index (χ0) is 16.9. The largest absolute Gasteiger partial charge is 0.333 e. The summed E-state index contributed by atoms with van der Waals surface area (Å²) < 4.78 is 0. The molecule has 1 amide bonds. The molecule has 0 bridgehead atoms. The summed E-state index contributed by atoms with van der Waals surface area (Å²) in [6, 6.07) is 10.4. The average Bonchev–Trinajstić information content (AvgIpc) is 3.24. The normalized spacial score (nSPS) is 26.7. The second-order valence-corrected chi connectivity index (χ2v) is 7.18. The van der Waals surface area contributed by atoms with Crippen molar-refractivity contribution in [1.82, 2.24) is 10.2 Å². The molecule has 1 aromatic rings. The maximum Gasteiger partial charge on any atom is 0.223 e. The molecule has 0 radical (unpaired) electrons. The first-order chi connectivity index (χ1) is 11.6. The standard InChI is InChI=1S/C20H28N2O2/c1-15-12-13-17(21-15)20(24)18-10-6-14-22(18)19(23)11-5-9-16-7-3-2-4-8-16/h2-4,7-8,15,17-18,21H,5-6,9-14H2,1H3/t15?,17-,18+/m0/s1. The minimum Gasteiger partial charge on any atom is -0.333 e. The van der Waals surface area contributed by atoms with E-state index in [9.17, 15) is 9.59 Å². The lowest BCUT2D eigenvalue weighted by Gasteiger charge is -2.26. The van der Waals surface area contributed by atoms with Crippen LogP contribution in [0, 0.1) is 0 Å². The molecule has 1 aromatic carbocycles. The highest BCUT2D eigenvalue weighted by molar-refractivity contribution is 5.93. The van der Waals surface area contributed by atoms with Crippen LogP contribution >= 0.6 is 0 Å². The van der Waals surface area contributed by atoms with Crippen LogP contribution in [0.4, 0.5) is 0 Å². The molecule has 0 aliphatic carbocycles. The zero-order valence-corrected chi connectivity index (χ0v) is 14.5. The number of rotatable bonds is 6. The van der Waals surface area contributed by atoms with Gasteiger partial charge in [0, 0.05) is 19.0 Å². The molecular weight excluding hydrogens is 300 g/mol. The monoisotopic (exact) mass is 328 g/mol. The van der Waals surface area contributed by atoms with Gasteiger partial charge in [-0.05, 0) is 51.0 Å². The lowest BCUT2D eigenvalue weighted by molar-refractivity contribution is -0.138. The van der Waals surface area contributed by atoms with Gasteiger partial charge < -0.3 is 10.2 Å². The van der Waals surface area contributed by atoms with Crippen molar-refractivity contribution in [2.45, 2.75) is 70.0 Å². The third-order valence-electron chi connectivity index (χ3n) is 5.32. The van der Waals surface area contributed by atoms with Crippen LogP contribution in [-0.2, 0) is 16.0 Å². The Bertz CT molecular complexity index is 572. The number of ketones is 1. The van der Waals surface area contributed by atoms with E-state index < -0.39 is 0 Å². The van der Waals surface area contributed by atoms with E-state index in [0.29, 0.717) is 12.5 Å². The van der Waals surface area contributed by atoms with Gasteiger partial charge in [-0.1, -0.05) is 30.3 Å². The van der Waals surface area contributed by atoms with Crippen molar-refractivity contribution in [2.24, 2.45) is 0 Å². The van der Waals surface area contributed by atoms with E-state index in [4.69, 9.17) is 0 Å². The molecule has 2 aliphatic rings. The average molecular weight is 328 g/mol. The van der Waals surface area contributed by atoms with Crippen LogP contribution in [-0.4, -0.2) is 41.3 Å². The Hall–Kier alpha value is -1.68. The van der Waals surface area contributed by atoms with Crippen molar-refractivity contribution in [1.29, 1.82) is 0 Å². The summed E-state index contributed by atoms with van der Waals surface area (Å²) in [5.41, 5.74) is 1.27. The number of carbonyl (C=O) groups is 2. The Balaban J connectivity index is 1.51. The highest BCUT2D eigenvalue weighted by Crippen LogP contribution is 2.24. The molecule has 0 saturated carbocycles. The van der Waals surface area contributed by atoms with Crippen molar-refractivity contribution >= 4 is 11.7 Å². The van der Waals surface area contributed by atoms with Gasteiger partial charge in [-0.15, -0.1) is 0 Å². The molecule has 4 heteroatoms. The summed E-state index contributed by atoms with van der Waals surface area (Å²) in [6.45, 7) is 2.86. The minimum absolute atomic E-state index is 0.0530. The number of nitrogens with one attached hydrogen (secondary N) is 1. The number of amides is 1. The second kappa shape index (κ2) is 7.93. The predicted molar refractivity (Wildman–Crippen MR) is 94.7 cm³/mol. The van der Waals surface area contributed by atoms with Gasteiger partial charge in [-0.25, -0.2) is 0 Å². The SMILES string of the molecule is CC1CC[C@@H](C(=O)[C@H]2CCCN2C(=O)CCCc2ccccc2)N1. The van der Waals surface area contributed by atoms with Gasteiger partial charge in [-0.3, -0.25) is 9.59 Å². The summed E-state index contributed by atoms with van der Waals surface area (Å²) in [4.78, 5) is 27.2. The van der Waals surface area contributed by atoms with Gasteiger partial charge in [-0.2, -0.15) is 0 Å². The Morgan fingerprint density at radius 2 is 1.96 bits per heavy atom. The number of aryl methyl sites for hydroxylation is 1. The molecule has 130 valence electrons. The lowest BCUT2D eigenvalue weighted by atomic mass is 10.0. The fourth-order valence-electron chi connectivity index (χ4n) is 3.98. The van der Waals surface area contributed by atoms with Crippen molar-refractivity contribution < 1.29 is 9.59 Å². The summed E-state index contributed by atoms with van der Waals surface area (Å²) >= 11 is 0. The van der Waals surface area contributed by atoms with Gasteiger partial charge in [0.05, 0.1) is 12.1 Å². The maximum atomic E-state index is 12.7. The van der Waals surface area contributed by atoms with E-state index in [1.165, 1.54) is 5.56 Å². The van der Waals surface area contributed by atoms with E-state index in [1.54, 1.807) is 0 Å². The third kappa shape index (κ3) is 4.04. The molecule has 2 fully saturated rings. The molecule has 0 aromatic heterocycles. The van der Waals surface area contributed by atoms with Gasteiger partial charge in [0.15, 0.2) is 5.78 Å². The first-order valence-corrected chi connectivity index (χ1v) is 9.28. The minimum atomic E-state index is -0.197. The molecule has 24 heavy (non-hydrogen) atoms. The Kier molecular flexibility index (Phi) is 5.67. The molecule has 1 N–H and O–H groups in total. The number of hydrogen-bond acceptors (Lipinski definition) is 3. The Morgan fingerprint density at radius 3 is 2.67 bits per heavy atom. The first kappa shape index (κ1) is 17.2. The topological polar surface area (TPSA) is 49.4 Å². The van der Waals surface area contributed by atoms with Gasteiger partial charge in [0.2, 0.25) is 5.91 Å². The molecule has 2 aliphatic heterocycles. The van der Waals surface area contributed by atoms with Gasteiger partial charge in [0.25, 0.3) is 0 Å². The molecule has 3 rings (SSSR count). The summed E-state index contributed by atoms with van der Waals surface area (Å²) in [5.74, 6) is 0.376. The Labute approximate surface area is 144 Å². The number of carbonyl (C=O) groups excluding carboxylic acids is 2. The quantitative estimate of drug-likeness (QED) is 0.873. The third-order valence-corrected chi connectivity index (χ3v) is 5.32. The number of likely N-dealkylation sites (tertiary alicyclic amines) is 1. The summed E-state index contributed by atoms with van der Waals surface area (Å²) in [5, 5.41) is 3.37. The van der Waals surface area contributed by atoms with Gasteiger partial charge >= 0.3 is 0 Å². The zero-order valence-electron chi connectivity index (χ0n) is 14.5. The van der Waals surface area contributed by atoms with Crippen LogP contribution in [0.25, 0.3) is 0 Å². The molecule has 1 unspecified atom stereocenters. The van der Waals surface area contributed by atoms with Crippen LogP contribution in [0.5, 0.6) is 0 Å². The van der Waals surface area contributed by atoms with Crippen molar-refractivity contribution in [3.05, 3.63) is 35.9 Å². The van der Waals surface area contributed by atoms with Crippen LogP contribution in [0.1, 0.15) is 51.0 Å². The smallest absolute Gasteiger partial charge is 0.223 e. The fraction of sp³-hybridized carbons (Fsp3) is 0.600. The summed E-state index contributed by atoms with van der Waals surface area (Å²) in [6.07, 6.45) is 6.03. The molecule has 3 atom stereocenters. The number of hydrogen-bond donors (Lipinski definition) is 1. The van der Waals surface area contributed by atoms with Gasteiger partial charge in [0.1, 0.15) is 0 Å². The van der Waals surface area contributed by atoms with Crippen molar-refractivity contribution in [2.75, 3.05) is 6.54 Å². The fourth-order valence-corrected chi connectivity index (χ4v) is 3.98. The van der Waals surface area contributed by atoms with Crippen molar-refractivity contribution in [3.63, 3.8) is 0 Å². The van der Waals surface area contributed by atoms with E-state index in [2.05, 4.69) is 24.4 Å². The second-order valence-electron chi connectivity index (χ2n) is 7.18. The maximum absolute atomic E-state index is 12.7. The molecule has 4 nitrogen and oxygen atoms in total. The van der Waals surface area contributed by atoms with E-state index in [-0.39, 0.29) is 23.8 Å². The first-order valence-electron chi connectivity index (χ1n) is 9.28. The van der Waals surface area contributed by atoms with Crippen LogP contribution in [0.2, 0.25) is 0 Å². The highest BCUT2D eigenvalue weighted by Gasteiger charge is 2.38.